The molecule has 1 N–H and O–H groups in total. The highest BCUT2D eigenvalue weighted by atomic mass is 19.4. The number of fused-ring (bicyclic) bond motifs is 1. The molecule has 1 aliphatic rings. The number of ether oxygens (including phenoxy) is 1. The van der Waals surface area contributed by atoms with Crippen molar-refractivity contribution < 1.29 is 27.6 Å². The van der Waals surface area contributed by atoms with Crippen molar-refractivity contribution >= 4 is 17.3 Å². The fourth-order valence-electron chi connectivity index (χ4n) is 1.90. The number of carbonyl (C=O) groups is 1. The van der Waals surface area contributed by atoms with E-state index in [9.17, 15) is 28.1 Å². The number of carbonyl (C=O) groups excluding carboxylic acids is 1. The third-order valence-corrected chi connectivity index (χ3v) is 3.03. The Morgan fingerprint density at radius 1 is 1.45 bits per heavy atom. The topological polar surface area (TPSA) is 81.5 Å². The van der Waals surface area contributed by atoms with E-state index in [-0.39, 0.29) is 17.1 Å². The summed E-state index contributed by atoms with van der Waals surface area (Å²) < 4.78 is 44.0. The van der Waals surface area contributed by atoms with Gasteiger partial charge in [0.15, 0.2) is 0 Å². The van der Waals surface area contributed by atoms with E-state index < -0.39 is 29.0 Å². The second kappa shape index (κ2) is 4.36. The van der Waals surface area contributed by atoms with Gasteiger partial charge in [0.2, 0.25) is 0 Å². The normalized spacial score (nSPS) is 21.7. The minimum Gasteiger partial charge on any atom is -0.466 e. The quantitative estimate of drug-likeness (QED) is 0.670. The molecule has 1 amide bonds. The van der Waals surface area contributed by atoms with Crippen molar-refractivity contribution in [3.63, 3.8) is 0 Å². The maximum absolute atomic E-state index is 13.1. The first kappa shape index (κ1) is 14.1. The van der Waals surface area contributed by atoms with Crippen molar-refractivity contribution in [3.05, 3.63) is 28.3 Å². The van der Waals surface area contributed by atoms with Gasteiger partial charge < -0.3 is 10.1 Å². The number of nitro groups is 1. The third kappa shape index (κ3) is 1.95. The molecule has 0 bridgehead atoms. The molecule has 1 unspecified atom stereocenters. The molecule has 6 nitrogen and oxygen atoms in total. The van der Waals surface area contributed by atoms with Crippen LogP contribution in [0.5, 0.6) is 5.75 Å². The Bertz CT molecular complexity index is 588. The summed E-state index contributed by atoms with van der Waals surface area (Å²) in [5, 5.41) is 12.6. The lowest BCUT2D eigenvalue weighted by atomic mass is 9.96. The van der Waals surface area contributed by atoms with E-state index in [4.69, 9.17) is 4.74 Å². The minimum atomic E-state index is -4.90. The number of halogens is 3. The van der Waals surface area contributed by atoms with Crippen LogP contribution in [0.3, 0.4) is 0 Å². The largest absolute Gasteiger partial charge is 0.466 e. The molecule has 0 saturated heterocycles. The molecular weight excluding hydrogens is 281 g/mol. The molecule has 1 heterocycles. The average molecular weight is 290 g/mol. The Hall–Kier alpha value is -2.32. The molecule has 0 radical (unpaired) electrons. The Labute approximate surface area is 110 Å². The van der Waals surface area contributed by atoms with Crippen LogP contribution in [-0.2, 0) is 4.79 Å². The zero-order valence-electron chi connectivity index (χ0n) is 10.2. The van der Waals surface area contributed by atoms with E-state index in [0.29, 0.717) is 0 Å². The van der Waals surface area contributed by atoms with Crippen molar-refractivity contribution in [3.8, 4) is 5.75 Å². The number of hydrogen-bond acceptors (Lipinski definition) is 4. The fourth-order valence-corrected chi connectivity index (χ4v) is 1.90. The van der Waals surface area contributed by atoms with Crippen molar-refractivity contribution in [1.29, 1.82) is 0 Å². The summed E-state index contributed by atoms with van der Waals surface area (Å²) >= 11 is 0. The highest BCUT2D eigenvalue weighted by molar-refractivity contribution is 6.01. The molecule has 2 rings (SSSR count). The second-order valence-corrected chi connectivity index (χ2v) is 4.17. The summed E-state index contributed by atoms with van der Waals surface area (Å²) in [7, 11) is 0. The first-order valence-electron chi connectivity index (χ1n) is 5.57. The molecule has 20 heavy (non-hydrogen) atoms. The van der Waals surface area contributed by atoms with Crippen LogP contribution in [0.15, 0.2) is 18.2 Å². The molecule has 0 fully saturated rings. The number of benzene rings is 1. The number of rotatable bonds is 2. The predicted octanol–water partition coefficient (Wildman–Crippen LogP) is 2.64. The van der Waals surface area contributed by atoms with Gasteiger partial charge >= 0.3 is 6.18 Å². The molecular formula is C11H9F3N2O4. The van der Waals surface area contributed by atoms with E-state index >= 15 is 0 Å². The van der Waals surface area contributed by atoms with E-state index in [1.807, 2.05) is 5.32 Å². The lowest BCUT2D eigenvalue weighted by molar-refractivity contribution is -0.384. The number of alkyl halides is 3. The SMILES string of the molecule is CCC1(C(F)(F)F)Oc2ccc([N+](=O)[O-])cc2NC1=O. The van der Waals surface area contributed by atoms with E-state index in [1.54, 1.807) is 0 Å². The lowest BCUT2D eigenvalue weighted by Gasteiger charge is -2.37. The first-order chi connectivity index (χ1) is 9.21. The number of hydrogen-bond donors (Lipinski definition) is 1. The number of amides is 1. The molecule has 1 aromatic rings. The number of nitro benzene ring substituents is 1. The standard InChI is InChI=1S/C11H9F3N2O4/c1-2-10(11(12,13)14)9(17)15-7-5-6(16(18)19)3-4-8(7)20-10/h3-5H,2H2,1H3,(H,15,17). The fraction of sp³-hybridized carbons (Fsp3) is 0.364. The highest BCUT2D eigenvalue weighted by Crippen LogP contribution is 2.44. The summed E-state index contributed by atoms with van der Waals surface area (Å²) in [6.45, 7) is 1.17. The van der Waals surface area contributed by atoms with Crippen molar-refractivity contribution in [1.82, 2.24) is 0 Å². The Morgan fingerprint density at radius 3 is 2.60 bits per heavy atom. The van der Waals surface area contributed by atoms with Gasteiger partial charge in [0.1, 0.15) is 5.75 Å². The number of nitrogens with zero attached hydrogens (tertiary/aromatic N) is 1. The van der Waals surface area contributed by atoms with Crippen molar-refractivity contribution in [2.75, 3.05) is 5.32 Å². The van der Waals surface area contributed by atoms with Crippen LogP contribution in [0.2, 0.25) is 0 Å². The van der Waals surface area contributed by atoms with Crippen LogP contribution < -0.4 is 10.1 Å². The molecule has 1 atom stereocenters. The van der Waals surface area contributed by atoms with Crippen molar-refractivity contribution in [2.45, 2.75) is 25.1 Å². The monoisotopic (exact) mass is 290 g/mol. The maximum Gasteiger partial charge on any atom is 0.437 e. The first-order valence-corrected chi connectivity index (χ1v) is 5.57. The van der Waals surface area contributed by atoms with Gasteiger partial charge in [-0.3, -0.25) is 14.9 Å². The number of anilines is 1. The van der Waals surface area contributed by atoms with E-state index in [0.717, 1.165) is 18.2 Å². The molecule has 1 aliphatic heterocycles. The summed E-state index contributed by atoms with van der Waals surface area (Å²) in [5.74, 6) is -1.64. The van der Waals surface area contributed by atoms with Gasteiger partial charge in [-0.1, -0.05) is 6.92 Å². The van der Waals surface area contributed by atoms with Crippen molar-refractivity contribution in [2.24, 2.45) is 0 Å². The Balaban J connectivity index is 2.49. The molecule has 0 spiro atoms. The lowest BCUT2D eigenvalue weighted by Crippen LogP contribution is -2.60. The predicted molar refractivity (Wildman–Crippen MR) is 61.4 cm³/mol. The van der Waals surface area contributed by atoms with Crippen LogP contribution in [-0.4, -0.2) is 22.6 Å². The number of nitrogens with one attached hydrogen (secondary N) is 1. The third-order valence-electron chi connectivity index (χ3n) is 3.03. The smallest absolute Gasteiger partial charge is 0.437 e. The van der Waals surface area contributed by atoms with Gasteiger partial charge in [-0.2, -0.15) is 13.2 Å². The zero-order chi connectivity index (χ0) is 15.1. The van der Waals surface area contributed by atoms with E-state index in [2.05, 4.69) is 0 Å². The molecule has 0 saturated carbocycles. The van der Waals surface area contributed by atoms with Crippen LogP contribution >= 0.6 is 0 Å². The minimum absolute atomic E-state index is 0.155. The Morgan fingerprint density at radius 2 is 2.10 bits per heavy atom. The number of non-ortho nitro benzene ring substituents is 1. The summed E-state index contributed by atoms with van der Waals surface area (Å²) in [4.78, 5) is 21.6. The molecule has 1 aromatic carbocycles. The van der Waals surface area contributed by atoms with Crippen LogP contribution in [0.4, 0.5) is 24.5 Å². The van der Waals surface area contributed by atoms with Gasteiger partial charge in [0.25, 0.3) is 17.2 Å². The Kier molecular flexibility index (Phi) is 3.07. The van der Waals surface area contributed by atoms with Crippen LogP contribution in [0, 0.1) is 10.1 Å². The van der Waals surface area contributed by atoms with Gasteiger partial charge in [0.05, 0.1) is 10.6 Å². The molecule has 0 aliphatic carbocycles. The van der Waals surface area contributed by atoms with Gasteiger partial charge in [-0.25, -0.2) is 0 Å². The van der Waals surface area contributed by atoms with Crippen LogP contribution in [0.1, 0.15) is 13.3 Å². The molecule has 0 aromatic heterocycles. The summed E-state index contributed by atoms with van der Waals surface area (Å²) in [6, 6.07) is 2.99. The van der Waals surface area contributed by atoms with Gasteiger partial charge in [-0.05, 0) is 6.07 Å². The summed E-state index contributed by atoms with van der Waals surface area (Å²) in [5.41, 5.74) is -3.49. The maximum atomic E-state index is 13.1. The van der Waals surface area contributed by atoms with Gasteiger partial charge in [0, 0.05) is 18.6 Å². The van der Waals surface area contributed by atoms with Crippen LogP contribution in [0.25, 0.3) is 0 Å². The van der Waals surface area contributed by atoms with Gasteiger partial charge in [-0.15, -0.1) is 0 Å². The zero-order valence-corrected chi connectivity index (χ0v) is 10.2. The summed E-state index contributed by atoms with van der Waals surface area (Å²) in [6.07, 6.45) is -5.51. The van der Waals surface area contributed by atoms with E-state index in [1.165, 1.54) is 6.92 Å². The second-order valence-electron chi connectivity index (χ2n) is 4.17. The highest BCUT2D eigenvalue weighted by Gasteiger charge is 2.63. The average Bonchev–Trinajstić information content (AvgIpc) is 2.35. The molecule has 9 heteroatoms. The molecule has 108 valence electrons.